The summed E-state index contributed by atoms with van der Waals surface area (Å²) in [5.41, 5.74) is 7.20. The normalized spacial score (nSPS) is 14.2. The molecule has 5 nitrogen and oxygen atoms in total. The second-order valence-corrected chi connectivity index (χ2v) is 8.77. The van der Waals surface area contributed by atoms with Gasteiger partial charge in [-0.05, 0) is 61.0 Å². The van der Waals surface area contributed by atoms with E-state index in [9.17, 15) is 9.59 Å². The summed E-state index contributed by atoms with van der Waals surface area (Å²) in [5, 5.41) is 8.34. The first-order valence-corrected chi connectivity index (χ1v) is 10.9. The van der Waals surface area contributed by atoms with Crippen LogP contribution in [0.25, 0.3) is 6.08 Å². The molecule has 0 spiro atoms. The number of nitrogens with two attached hydrogens (primary N) is 1. The predicted octanol–water partition coefficient (Wildman–Crippen LogP) is 4.09. The second-order valence-electron chi connectivity index (χ2n) is 6.28. The Hall–Kier alpha value is -2.03. The molecule has 4 N–H and O–H groups in total. The number of primary amides is 1. The number of hydrogen-bond acceptors (Lipinski definition) is 5. The monoisotopic (exact) mass is 419 g/mol. The van der Waals surface area contributed by atoms with Crippen LogP contribution in [0.3, 0.4) is 0 Å². The highest BCUT2D eigenvalue weighted by Gasteiger charge is 2.23. The fourth-order valence-corrected chi connectivity index (χ4v) is 5.28. The molecule has 3 rings (SSSR count). The Morgan fingerprint density at radius 1 is 1.19 bits per heavy atom. The van der Waals surface area contributed by atoms with Crippen molar-refractivity contribution in [2.24, 2.45) is 5.73 Å². The molecule has 1 aliphatic carbocycles. The van der Waals surface area contributed by atoms with E-state index in [4.69, 9.17) is 18.0 Å². The second kappa shape index (κ2) is 9.25. The van der Waals surface area contributed by atoms with E-state index in [1.807, 2.05) is 17.5 Å². The first kappa shape index (κ1) is 19.7. The molecule has 0 aromatic carbocycles. The topological polar surface area (TPSA) is 84.2 Å². The Bertz CT molecular complexity index is 869. The van der Waals surface area contributed by atoms with Gasteiger partial charge in [0.05, 0.1) is 5.56 Å². The smallest absolute Gasteiger partial charge is 0.251 e. The Morgan fingerprint density at radius 3 is 2.67 bits per heavy atom. The summed E-state index contributed by atoms with van der Waals surface area (Å²) in [6.07, 6.45) is 9.51. The summed E-state index contributed by atoms with van der Waals surface area (Å²) in [6, 6.07) is 3.84. The van der Waals surface area contributed by atoms with E-state index < -0.39 is 5.91 Å². The van der Waals surface area contributed by atoms with E-state index in [0.717, 1.165) is 36.1 Å². The molecule has 142 valence electrons. The SMILES string of the molecule is NC(=O)c1c(NC(=S)NC(=O)C=Cc2cccs2)sc2c1CCCCCC2. The van der Waals surface area contributed by atoms with Crippen molar-refractivity contribution in [3.8, 4) is 0 Å². The molecular formula is C19H21N3O2S3. The van der Waals surface area contributed by atoms with Crippen LogP contribution >= 0.6 is 34.9 Å². The molecule has 27 heavy (non-hydrogen) atoms. The van der Waals surface area contributed by atoms with E-state index >= 15 is 0 Å². The van der Waals surface area contributed by atoms with Crippen LogP contribution < -0.4 is 16.4 Å². The van der Waals surface area contributed by atoms with Gasteiger partial charge in [0, 0.05) is 15.8 Å². The van der Waals surface area contributed by atoms with Gasteiger partial charge in [-0.1, -0.05) is 18.9 Å². The number of anilines is 1. The zero-order valence-electron chi connectivity index (χ0n) is 14.7. The van der Waals surface area contributed by atoms with Crippen LogP contribution in [0.1, 0.15) is 51.4 Å². The van der Waals surface area contributed by atoms with Gasteiger partial charge < -0.3 is 11.1 Å². The maximum atomic E-state index is 12.0. The van der Waals surface area contributed by atoms with E-state index in [1.165, 1.54) is 35.1 Å². The van der Waals surface area contributed by atoms with E-state index in [1.54, 1.807) is 17.4 Å². The molecule has 2 amide bonds. The van der Waals surface area contributed by atoms with Crippen molar-refractivity contribution in [3.63, 3.8) is 0 Å². The minimum absolute atomic E-state index is 0.160. The molecule has 2 aromatic rings. The van der Waals surface area contributed by atoms with Crippen molar-refractivity contribution in [1.29, 1.82) is 0 Å². The lowest BCUT2D eigenvalue weighted by Gasteiger charge is -2.10. The van der Waals surface area contributed by atoms with Crippen LogP contribution in [0, 0.1) is 0 Å². The van der Waals surface area contributed by atoms with Crippen molar-refractivity contribution >= 4 is 62.9 Å². The third-order valence-corrected chi connectivity index (χ3v) is 6.57. The van der Waals surface area contributed by atoms with Crippen molar-refractivity contribution < 1.29 is 9.59 Å². The third-order valence-electron chi connectivity index (χ3n) is 4.32. The van der Waals surface area contributed by atoms with Gasteiger partial charge in [0.25, 0.3) is 5.91 Å². The van der Waals surface area contributed by atoms with Crippen LogP contribution in [0.2, 0.25) is 0 Å². The molecule has 0 aliphatic heterocycles. The molecular weight excluding hydrogens is 398 g/mol. The highest BCUT2D eigenvalue weighted by atomic mass is 32.1. The fourth-order valence-electron chi connectivity index (χ4n) is 3.10. The highest BCUT2D eigenvalue weighted by molar-refractivity contribution is 7.80. The molecule has 0 saturated heterocycles. The lowest BCUT2D eigenvalue weighted by molar-refractivity contribution is -0.115. The van der Waals surface area contributed by atoms with Crippen molar-refractivity contribution in [1.82, 2.24) is 5.32 Å². The fraction of sp³-hybridized carbons (Fsp3) is 0.316. The Balaban J connectivity index is 1.70. The number of thiophene rings is 2. The van der Waals surface area contributed by atoms with Gasteiger partial charge in [-0.3, -0.25) is 14.9 Å². The van der Waals surface area contributed by atoms with Crippen LogP contribution in [-0.2, 0) is 17.6 Å². The van der Waals surface area contributed by atoms with Gasteiger partial charge in [-0.2, -0.15) is 0 Å². The summed E-state index contributed by atoms with van der Waals surface area (Å²) in [7, 11) is 0. The van der Waals surface area contributed by atoms with E-state index in [2.05, 4.69) is 10.6 Å². The Morgan fingerprint density at radius 2 is 1.96 bits per heavy atom. The first-order chi connectivity index (χ1) is 13.0. The van der Waals surface area contributed by atoms with Gasteiger partial charge in [-0.25, -0.2) is 0 Å². The Kier molecular flexibility index (Phi) is 6.76. The quantitative estimate of drug-likeness (QED) is 0.515. The lowest BCUT2D eigenvalue weighted by atomic mass is 9.96. The minimum atomic E-state index is -0.456. The number of nitrogens with one attached hydrogen (secondary N) is 2. The number of fused-ring (bicyclic) bond motifs is 1. The van der Waals surface area contributed by atoms with Crippen LogP contribution in [0.5, 0.6) is 0 Å². The molecule has 2 aromatic heterocycles. The van der Waals surface area contributed by atoms with Crippen molar-refractivity contribution in [3.05, 3.63) is 44.5 Å². The minimum Gasteiger partial charge on any atom is -0.365 e. The maximum Gasteiger partial charge on any atom is 0.251 e. The molecule has 0 saturated carbocycles. The van der Waals surface area contributed by atoms with Crippen molar-refractivity contribution in [2.45, 2.75) is 38.5 Å². The molecule has 0 atom stereocenters. The van der Waals surface area contributed by atoms with Gasteiger partial charge in [0.2, 0.25) is 5.91 Å². The summed E-state index contributed by atoms with van der Waals surface area (Å²) >= 11 is 8.30. The highest BCUT2D eigenvalue weighted by Crippen LogP contribution is 2.36. The average molecular weight is 420 g/mol. The molecule has 0 radical (unpaired) electrons. The summed E-state index contributed by atoms with van der Waals surface area (Å²) in [4.78, 5) is 26.2. The number of amides is 2. The van der Waals surface area contributed by atoms with Gasteiger partial charge in [0.1, 0.15) is 5.00 Å². The number of carbonyl (C=O) groups is 2. The van der Waals surface area contributed by atoms with Crippen LogP contribution in [0.4, 0.5) is 5.00 Å². The molecule has 1 aliphatic rings. The standard InChI is InChI=1S/C19H21N3O2S3/c20-17(24)16-13-7-3-1-2-4-8-14(13)27-18(16)22-19(25)21-15(23)10-9-12-6-5-11-26-12/h5-6,9-11H,1-4,7-8H2,(H2,20,24)(H2,21,22,23,25). The van der Waals surface area contributed by atoms with Crippen LogP contribution in [0.15, 0.2) is 23.6 Å². The van der Waals surface area contributed by atoms with Gasteiger partial charge >= 0.3 is 0 Å². The number of carbonyl (C=O) groups excluding carboxylic acids is 2. The first-order valence-electron chi connectivity index (χ1n) is 8.82. The average Bonchev–Trinajstić information content (AvgIpc) is 3.21. The zero-order valence-corrected chi connectivity index (χ0v) is 17.2. The Labute approximate surface area is 171 Å². The molecule has 0 fully saturated rings. The lowest BCUT2D eigenvalue weighted by Crippen LogP contribution is -2.33. The van der Waals surface area contributed by atoms with E-state index in [0.29, 0.717) is 10.6 Å². The summed E-state index contributed by atoms with van der Waals surface area (Å²) < 4.78 is 0. The van der Waals surface area contributed by atoms with E-state index in [-0.39, 0.29) is 11.0 Å². The number of thiocarbonyl (C=S) groups is 1. The molecule has 0 unspecified atom stereocenters. The van der Waals surface area contributed by atoms with Gasteiger partial charge in [-0.15, -0.1) is 22.7 Å². The number of hydrogen-bond donors (Lipinski definition) is 3. The molecule has 0 bridgehead atoms. The predicted molar refractivity (Wildman–Crippen MR) is 116 cm³/mol. The number of aryl methyl sites for hydroxylation is 1. The molecule has 8 heteroatoms. The summed E-state index contributed by atoms with van der Waals surface area (Å²) in [5.74, 6) is -0.779. The van der Waals surface area contributed by atoms with Crippen molar-refractivity contribution in [2.75, 3.05) is 5.32 Å². The largest absolute Gasteiger partial charge is 0.365 e. The summed E-state index contributed by atoms with van der Waals surface area (Å²) in [6.45, 7) is 0. The zero-order chi connectivity index (χ0) is 19.2. The van der Waals surface area contributed by atoms with Crippen LogP contribution in [-0.4, -0.2) is 16.9 Å². The van der Waals surface area contributed by atoms with Gasteiger partial charge in [0.15, 0.2) is 5.11 Å². The number of rotatable bonds is 4. The third kappa shape index (κ3) is 5.24. The molecule has 2 heterocycles. The maximum absolute atomic E-state index is 12.0.